The number of benzene rings is 3. The Bertz CT molecular complexity index is 1200. The summed E-state index contributed by atoms with van der Waals surface area (Å²) in [5.41, 5.74) is 1.36. The number of ether oxygens (including phenoxy) is 2. The summed E-state index contributed by atoms with van der Waals surface area (Å²) >= 11 is 6.23. The Kier molecular flexibility index (Phi) is 8.32. The van der Waals surface area contributed by atoms with Crippen LogP contribution in [0, 0.1) is 0 Å². The van der Waals surface area contributed by atoms with Crippen molar-refractivity contribution in [3.05, 3.63) is 83.4 Å². The highest BCUT2D eigenvalue weighted by atomic mass is 35.5. The van der Waals surface area contributed by atoms with Crippen LogP contribution in [0.1, 0.15) is 25.5 Å². The van der Waals surface area contributed by atoms with E-state index in [-0.39, 0.29) is 22.3 Å². The van der Waals surface area contributed by atoms with Gasteiger partial charge in [0.2, 0.25) is 10.0 Å². The molecule has 0 bridgehead atoms. The van der Waals surface area contributed by atoms with Gasteiger partial charge in [0, 0.05) is 6.04 Å². The minimum absolute atomic E-state index is 0.00211. The number of hydrogen-bond acceptors (Lipinski definition) is 5. The van der Waals surface area contributed by atoms with E-state index < -0.39 is 22.0 Å². The lowest BCUT2D eigenvalue weighted by molar-refractivity contribution is -0.118. The normalized spacial score (nSPS) is 12.1. The van der Waals surface area contributed by atoms with Crippen LogP contribution in [0.25, 0.3) is 0 Å². The molecule has 33 heavy (non-hydrogen) atoms. The molecular formula is C24H25ClN2O5S. The third-order valence-electron chi connectivity index (χ3n) is 4.66. The fourth-order valence-electron chi connectivity index (χ4n) is 3.06. The zero-order valence-electron chi connectivity index (χ0n) is 18.2. The number of anilines is 1. The third kappa shape index (κ3) is 6.71. The van der Waals surface area contributed by atoms with Gasteiger partial charge in [0.1, 0.15) is 11.5 Å². The molecule has 0 saturated heterocycles. The lowest BCUT2D eigenvalue weighted by Gasteiger charge is -2.15. The summed E-state index contributed by atoms with van der Waals surface area (Å²) in [5, 5.41) is 2.80. The first-order valence-electron chi connectivity index (χ1n) is 10.3. The van der Waals surface area contributed by atoms with E-state index in [2.05, 4.69) is 10.0 Å². The summed E-state index contributed by atoms with van der Waals surface area (Å²) in [6.45, 7) is 3.77. The van der Waals surface area contributed by atoms with Crippen molar-refractivity contribution in [2.24, 2.45) is 0 Å². The molecule has 174 valence electrons. The van der Waals surface area contributed by atoms with Crippen molar-refractivity contribution in [2.45, 2.75) is 24.8 Å². The first kappa shape index (κ1) is 24.6. The zero-order valence-corrected chi connectivity index (χ0v) is 19.8. The van der Waals surface area contributed by atoms with E-state index in [0.29, 0.717) is 18.0 Å². The van der Waals surface area contributed by atoms with Crippen LogP contribution in [-0.4, -0.2) is 27.5 Å². The van der Waals surface area contributed by atoms with Crippen LogP contribution >= 0.6 is 11.6 Å². The average Bonchev–Trinajstić information content (AvgIpc) is 2.80. The molecule has 1 amide bonds. The predicted molar refractivity (Wildman–Crippen MR) is 128 cm³/mol. The highest BCUT2D eigenvalue weighted by Crippen LogP contribution is 2.28. The van der Waals surface area contributed by atoms with E-state index in [0.717, 1.165) is 5.56 Å². The molecule has 0 aliphatic heterocycles. The van der Waals surface area contributed by atoms with E-state index in [1.807, 2.05) is 43.3 Å². The highest BCUT2D eigenvalue weighted by molar-refractivity contribution is 7.89. The number of nitrogens with one attached hydrogen (secondary N) is 2. The smallest absolute Gasteiger partial charge is 0.262 e. The van der Waals surface area contributed by atoms with Gasteiger partial charge in [0.05, 0.1) is 22.2 Å². The van der Waals surface area contributed by atoms with Crippen LogP contribution in [0.5, 0.6) is 11.5 Å². The second kappa shape index (κ2) is 11.2. The summed E-state index contributed by atoms with van der Waals surface area (Å²) in [7, 11) is -3.81. The molecular weight excluding hydrogens is 464 g/mol. The third-order valence-corrected chi connectivity index (χ3v) is 6.50. The molecule has 1 unspecified atom stereocenters. The number of carbonyl (C=O) groups excluding carboxylic acids is 1. The molecule has 1 atom stereocenters. The van der Waals surface area contributed by atoms with Gasteiger partial charge in [-0.3, -0.25) is 4.79 Å². The Morgan fingerprint density at radius 2 is 1.67 bits per heavy atom. The van der Waals surface area contributed by atoms with Gasteiger partial charge in [-0.15, -0.1) is 0 Å². The Balaban J connectivity index is 1.63. The number of carbonyl (C=O) groups is 1. The van der Waals surface area contributed by atoms with Gasteiger partial charge in [0.25, 0.3) is 5.91 Å². The molecule has 0 aromatic heterocycles. The quantitative estimate of drug-likeness (QED) is 0.427. The molecule has 3 aromatic rings. The van der Waals surface area contributed by atoms with Crippen molar-refractivity contribution < 1.29 is 22.7 Å². The Hall–Kier alpha value is -3.07. The number of halogens is 1. The fourth-order valence-corrected chi connectivity index (χ4v) is 4.61. The minimum atomic E-state index is -3.81. The Morgan fingerprint density at radius 3 is 2.36 bits per heavy atom. The van der Waals surface area contributed by atoms with Gasteiger partial charge in [-0.2, -0.15) is 0 Å². The van der Waals surface area contributed by atoms with Crippen molar-refractivity contribution >= 4 is 33.2 Å². The molecule has 0 radical (unpaired) electrons. The second-order valence-corrected chi connectivity index (χ2v) is 9.23. The molecule has 0 aliphatic rings. The molecule has 9 heteroatoms. The van der Waals surface area contributed by atoms with Gasteiger partial charge in [-0.1, -0.05) is 54.1 Å². The summed E-state index contributed by atoms with van der Waals surface area (Å²) in [5.74, 6) is 0.339. The zero-order chi connectivity index (χ0) is 23.8. The van der Waals surface area contributed by atoms with Crippen LogP contribution in [0.15, 0.2) is 77.7 Å². The summed E-state index contributed by atoms with van der Waals surface area (Å²) in [6.07, 6.45) is 0. The van der Waals surface area contributed by atoms with Crippen LogP contribution in [0.3, 0.4) is 0 Å². The Morgan fingerprint density at radius 1 is 0.970 bits per heavy atom. The van der Waals surface area contributed by atoms with E-state index in [9.17, 15) is 13.2 Å². The van der Waals surface area contributed by atoms with Crippen molar-refractivity contribution in [1.29, 1.82) is 0 Å². The maximum Gasteiger partial charge on any atom is 0.262 e. The molecule has 0 heterocycles. The SMILES string of the molecule is CCOc1ccccc1NC(=O)COc1ccc(S(=O)(=O)NC(C)c2ccccc2)cc1Cl. The van der Waals surface area contributed by atoms with Gasteiger partial charge in [-0.05, 0) is 49.7 Å². The first-order valence-corrected chi connectivity index (χ1v) is 12.2. The molecule has 0 saturated carbocycles. The molecule has 0 aliphatic carbocycles. The van der Waals surface area contributed by atoms with Gasteiger partial charge in [0.15, 0.2) is 6.61 Å². The first-order chi connectivity index (χ1) is 15.8. The Labute approximate surface area is 198 Å². The monoisotopic (exact) mass is 488 g/mol. The number of amides is 1. The van der Waals surface area contributed by atoms with E-state index in [4.69, 9.17) is 21.1 Å². The number of hydrogen-bond donors (Lipinski definition) is 2. The standard InChI is InChI=1S/C24H25ClN2O5S/c1-3-31-23-12-8-7-11-21(23)26-24(28)16-32-22-14-13-19(15-20(22)25)33(29,30)27-17(2)18-9-5-4-6-10-18/h4-15,17,27H,3,16H2,1-2H3,(H,26,28). The number of sulfonamides is 1. The lowest BCUT2D eigenvalue weighted by Crippen LogP contribution is -2.27. The van der Waals surface area contributed by atoms with Crippen LogP contribution in [0.4, 0.5) is 5.69 Å². The van der Waals surface area contributed by atoms with Crippen molar-refractivity contribution in [3.63, 3.8) is 0 Å². The van der Waals surface area contributed by atoms with Gasteiger partial charge >= 0.3 is 0 Å². The predicted octanol–water partition coefficient (Wildman–Crippen LogP) is 4.80. The summed E-state index contributed by atoms with van der Waals surface area (Å²) < 4.78 is 39.1. The minimum Gasteiger partial charge on any atom is -0.492 e. The topological polar surface area (TPSA) is 93.7 Å². The fraction of sp³-hybridized carbons (Fsp3) is 0.208. The van der Waals surface area contributed by atoms with Gasteiger partial charge < -0.3 is 14.8 Å². The van der Waals surface area contributed by atoms with E-state index >= 15 is 0 Å². The van der Waals surface area contributed by atoms with Crippen molar-refractivity contribution in [3.8, 4) is 11.5 Å². The molecule has 3 aromatic carbocycles. The molecule has 7 nitrogen and oxygen atoms in total. The van der Waals surface area contributed by atoms with Crippen LogP contribution in [0.2, 0.25) is 5.02 Å². The number of para-hydroxylation sites is 2. The maximum atomic E-state index is 12.7. The summed E-state index contributed by atoms with van der Waals surface area (Å²) in [4.78, 5) is 12.3. The molecule has 3 rings (SSSR count). The van der Waals surface area contributed by atoms with Gasteiger partial charge in [-0.25, -0.2) is 13.1 Å². The van der Waals surface area contributed by atoms with Crippen LogP contribution in [-0.2, 0) is 14.8 Å². The summed E-state index contributed by atoms with van der Waals surface area (Å²) in [6, 6.07) is 20.0. The van der Waals surface area contributed by atoms with E-state index in [1.165, 1.54) is 18.2 Å². The lowest BCUT2D eigenvalue weighted by atomic mass is 10.1. The average molecular weight is 489 g/mol. The largest absolute Gasteiger partial charge is 0.492 e. The number of rotatable bonds is 10. The van der Waals surface area contributed by atoms with Crippen molar-refractivity contribution in [1.82, 2.24) is 4.72 Å². The van der Waals surface area contributed by atoms with Crippen LogP contribution < -0.4 is 19.5 Å². The molecule has 0 fully saturated rings. The molecule has 2 N–H and O–H groups in total. The van der Waals surface area contributed by atoms with E-state index in [1.54, 1.807) is 25.1 Å². The highest BCUT2D eigenvalue weighted by Gasteiger charge is 2.20. The second-order valence-electron chi connectivity index (χ2n) is 7.11. The van der Waals surface area contributed by atoms with Crippen molar-refractivity contribution in [2.75, 3.05) is 18.5 Å². The maximum absolute atomic E-state index is 12.7. The molecule has 0 spiro atoms.